The third-order valence-corrected chi connectivity index (χ3v) is 12.3. The summed E-state index contributed by atoms with van der Waals surface area (Å²) in [4.78, 5) is 0. The van der Waals surface area contributed by atoms with Gasteiger partial charge in [-0.1, -0.05) is 41.0 Å². The molecule has 4 saturated heterocycles. The van der Waals surface area contributed by atoms with Gasteiger partial charge in [-0.3, -0.25) is 0 Å². The number of allylic oxidation sites excluding steroid dienone is 5. The molecule has 4 rings (SSSR count). The fourth-order valence-corrected chi connectivity index (χ4v) is 7.78. The maximum absolute atomic E-state index is 11.0. The first kappa shape index (κ1) is 54.8. The van der Waals surface area contributed by atoms with Crippen molar-refractivity contribution < 1.29 is 99.2 Å². The number of aliphatic hydroxyl groups is 12. The van der Waals surface area contributed by atoms with Gasteiger partial charge in [0, 0.05) is 0 Å². The molecular formula is C44H74O20. The summed E-state index contributed by atoms with van der Waals surface area (Å²) in [5, 5.41) is 124. The molecule has 4 aliphatic rings. The molecule has 12 N–H and O–H groups in total. The standard InChI is InChI=1S/C44H74O20/c1-8-44(7,64-43-38(56)34(52)39(26(18-45)61-43)63-42-37(55)32(50)29(47)25(6)60-42)17-11-16-22(3)13-9-12-21(2)14-10-15-23(4)19-57-41-36(54)33(51)30(48)27(62-41)20-58-40-35(53)31(49)28(46)24(5)59-40/h8,12,15-16,24-43,45-56H,1,9-11,13-14,17-20H2,2-7H3/b21-12+,22-16+,23-15-/t24-,25-,26-,27-,28-,29-,30-,31+,32+,33+,34-,35+,36-,37+,38-,39-,40-,41-,42+,43+,44-/m1/s1. The Kier molecular flexibility index (Phi) is 21.4. The Morgan fingerprint density at radius 3 is 1.58 bits per heavy atom. The summed E-state index contributed by atoms with van der Waals surface area (Å²) < 4.78 is 45.4. The summed E-state index contributed by atoms with van der Waals surface area (Å²) in [7, 11) is 0. The minimum Gasteiger partial charge on any atom is -0.394 e. The Morgan fingerprint density at radius 2 is 1.02 bits per heavy atom. The largest absolute Gasteiger partial charge is 0.394 e. The molecule has 0 spiro atoms. The molecule has 64 heavy (non-hydrogen) atoms. The molecule has 0 bridgehead atoms. The molecule has 0 amide bonds. The minimum absolute atomic E-state index is 0.0720. The van der Waals surface area contributed by atoms with Crippen LogP contribution < -0.4 is 0 Å². The molecule has 0 aliphatic carbocycles. The van der Waals surface area contributed by atoms with Gasteiger partial charge in [0.05, 0.1) is 37.6 Å². The van der Waals surface area contributed by atoms with Crippen molar-refractivity contribution in [2.45, 2.75) is 208 Å². The lowest BCUT2D eigenvalue weighted by molar-refractivity contribution is -0.363. The van der Waals surface area contributed by atoms with E-state index in [1.54, 1.807) is 13.0 Å². The van der Waals surface area contributed by atoms with E-state index >= 15 is 0 Å². The molecule has 370 valence electrons. The molecular weight excluding hydrogens is 848 g/mol. The summed E-state index contributed by atoms with van der Waals surface area (Å²) in [6.07, 6.45) is -16.0. The number of hydrogen-bond acceptors (Lipinski definition) is 20. The fourth-order valence-electron chi connectivity index (χ4n) is 7.78. The van der Waals surface area contributed by atoms with E-state index in [9.17, 15) is 61.3 Å². The van der Waals surface area contributed by atoms with Crippen LogP contribution in [0.1, 0.15) is 80.1 Å². The van der Waals surface area contributed by atoms with Crippen LogP contribution in [0.4, 0.5) is 0 Å². The molecule has 4 aliphatic heterocycles. The van der Waals surface area contributed by atoms with Crippen LogP contribution in [0, 0.1) is 0 Å². The van der Waals surface area contributed by atoms with Crippen LogP contribution in [0.3, 0.4) is 0 Å². The van der Waals surface area contributed by atoms with E-state index in [0.29, 0.717) is 12.8 Å². The van der Waals surface area contributed by atoms with Gasteiger partial charge in [-0.05, 0) is 80.1 Å². The van der Waals surface area contributed by atoms with Gasteiger partial charge in [0.25, 0.3) is 0 Å². The molecule has 20 nitrogen and oxygen atoms in total. The van der Waals surface area contributed by atoms with Crippen LogP contribution in [-0.4, -0.2) is 210 Å². The third-order valence-electron chi connectivity index (χ3n) is 12.3. The first-order chi connectivity index (χ1) is 30.1. The van der Waals surface area contributed by atoms with Crippen molar-refractivity contribution in [3.8, 4) is 0 Å². The van der Waals surface area contributed by atoms with Crippen molar-refractivity contribution in [1.29, 1.82) is 0 Å². The van der Waals surface area contributed by atoms with Gasteiger partial charge < -0.3 is 99.2 Å². The van der Waals surface area contributed by atoms with Crippen molar-refractivity contribution in [2.75, 3.05) is 19.8 Å². The smallest absolute Gasteiger partial charge is 0.187 e. The summed E-state index contributed by atoms with van der Waals surface area (Å²) in [5.41, 5.74) is 2.19. The molecule has 0 aromatic rings. The summed E-state index contributed by atoms with van der Waals surface area (Å²) >= 11 is 0. The molecule has 0 aromatic heterocycles. The number of rotatable bonds is 21. The lowest BCUT2D eigenvalue weighted by Gasteiger charge is -2.47. The number of aliphatic hydroxyl groups excluding tert-OH is 12. The average molecular weight is 923 g/mol. The van der Waals surface area contributed by atoms with E-state index in [4.69, 9.17) is 37.9 Å². The van der Waals surface area contributed by atoms with Gasteiger partial charge >= 0.3 is 0 Å². The molecule has 0 unspecified atom stereocenters. The van der Waals surface area contributed by atoms with E-state index in [-0.39, 0.29) is 13.2 Å². The molecule has 20 heteroatoms. The van der Waals surface area contributed by atoms with E-state index in [1.165, 1.54) is 19.4 Å². The van der Waals surface area contributed by atoms with Crippen molar-refractivity contribution in [2.24, 2.45) is 0 Å². The topological polar surface area (TPSA) is 317 Å². The number of hydrogen-bond donors (Lipinski definition) is 12. The molecule has 0 aromatic carbocycles. The molecule has 0 radical (unpaired) electrons. The lowest BCUT2D eigenvalue weighted by Crippen LogP contribution is -2.64. The van der Waals surface area contributed by atoms with Crippen molar-refractivity contribution in [1.82, 2.24) is 0 Å². The highest BCUT2D eigenvalue weighted by atomic mass is 16.8. The first-order valence-corrected chi connectivity index (χ1v) is 22.0. The van der Waals surface area contributed by atoms with Crippen molar-refractivity contribution in [3.63, 3.8) is 0 Å². The second kappa shape index (κ2) is 25.0. The van der Waals surface area contributed by atoms with Crippen LogP contribution >= 0.6 is 0 Å². The van der Waals surface area contributed by atoms with E-state index in [2.05, 4.69) is 18.7 Å². The Balaban J connectivity index is 1.17. The van der Waals surface area contributed by atoms with Gasteiger partial charge in [0.1, 0.15) is 85.5 Å². The zero-order chi connectivity index (χ0) is 47.6. The fraction of sp³-hybridized carbons (Fsp3) is 0.818. The van der Waals surface area contributed by atoms with E-state index < -0.39 is 135 Å². The highest BCUT2D eigenvalue weighted by molar-refractivity contribution is 5.07. The lowest BCUT2D eigenvalue weighted by atomic mass is 9.95. The molecule has 4 heterocycles. The Hall–Kier alpha value is -1.84. The highest BCUT2D eigenvalue weighted by Crippen LogP contribution is 2.33. The second-order valence-electron chi connectivity index (χ2n) is 17.7. The zero-order valence-electron chi connectivity index (χ0n) is 37.6. The maximum atomic E-state index is 11.0. The van der Waals surface area contributed by atoms with Gasteiger partial charge in [-0.25, -0.2) is 0 Å². The van der Waals surface area contributed by atoms with Gasteiger partial charge in [0.2, 0.25) is 0 Å². The minimum atomic E-state index is -1.67. The van der Waals surface area contributed by atoms with Crippen LogP contribution in [0.5, 0.6) is 0 Å². The Labute approximate surface area is 374 Å². The van der Waals surface area contributed by atoms with Crippen molar-refractivity contribution >= 4 is 0 Å². The summed E-state index contributed by atoms with van der Waals surface area (Å²) in [6, 6.07) is 0. The van der Waals surface area contributed by atoms with Gasteiger partial charge in [0.15, 0.2) is 25.2 Å². The first-order valence-electron chi connectivity index (χ1n) is 22.0. The zero-order valence-corrected chi connectivity index (χ0v) is 37.6. The Morgan fingerprint density at radius 1 is 0.547 bits per heavy atom. The summed E-state index contributed by atoms with van der Waals surface area (Å²) in [6.45, 7) is 13.6. The number of ether oxygens (including phenoxy) is 8. The molecule has 21 atom stereocenters. The highest BCUT2D eigenvalue weighted by Gasteiger charge is 2.51. The third kappa shape index (κ3) is 14.3. The molecule has 4 fully saturated rings. The van der Waals surface area contributed by atoms with Crippen LogP contribution in [-0.2, 0) is 37.9 Å². The van der Waals surface area contributed by atoms with Gasteiger partial charge in [-0.15, -0.1) is 6.58 Å². The van der Waals surface area contributed by atoms with Crippen molar-refractivity contribution in [3.05, 3.63) is 47.6 Å². The quantitative estimate of drug-likeness (QED) is 0.0580. The van der Waals surface area contributed by atoms with Crippen LogP contribution in [0.2, 0.25) is 0 Å². The predicted molar refractivity (Wildman–Crippen MR) is 225 cm³/mol. The monoisotopic (exact) mass is 922 g/mol. The van der Waals surface area contributed by atoms with Crippen LogP contribution in [0.25, 0.3) is 0 Å². The Bertz CT molecular complexity index is 1530. The SMILES string of the molecule is C=C[C@](C)(CC/C=C(\C)CC/C=C(\C)CC/C=C(/C)CO[C@@H]1O[C@H](CO[C@@H]2O[C@H](C)[C@@H](O)[C@H](O)[C@@H]2O)[C@@H](O)[C@H](O)[C@H]1O)O[C@@H]1O[C@H](CO)[C@@H](O[C@@H]2O[C@H](C)[C@@H](O)[C@H](O)[C@@H]2O)[C@H](O)[C@H]1O. The van der Waals surface area contributed by atoms with Crippen LogP contribution in [0.15, 0.2) is 47.6 Å². The second-order valence-corrected chi connectivity index (χ2v) is 17.7. The van der Waals surface area contributed by atoms with Gasteiger partial charge in [-0.2, -0.15) is 0 Å². The predicted octanol–water partition coefficient (Wildman–Crippen LogP) is -1.55. The van der Waals surface area contributed by atoms with E-state index in [0.717, 1.165) is 36.8 Å². The summed E-state index contributed by atoms with van der Waals surface area (Å²) in [5.74, 6) is 0. The normalized spacial score (nSPS) is 42.6. The average Bonchev–Trinajstić information content (AvgIpc) is 3.26. The maximum Gasteiger partial charge on any atom is 0.187 e. The molecule has 0 saturated carbocycles. The van der Waals surface area contributed by atoms with E-state index in [1.807, 2.05) is 26.8 Å².